The highest BCUT2D eigenvalue weighted by atomic mass is 19.2. The molecule has 1 fully saturated rings. The fourth-order valence-corrected chi connectivity index (χ4v) is 2.98. The smallest absolute Gasteiger partial charge is 0.253 e. The Bertz CT molecular complexity index is 738. The van der Waals surface area contributed by atoms with Crippen molar-refractivity contribution in [2.75, 3.05) is 38.2 Å². The second kappa shape index (κ2) is 8.01. The highest BCUT2D eigenvalue weighted by molar-refractivity contribution is 5.45. The molecular formula is C18H19F4N3O. The number of anilines is 1. The fourth-order valence-electron chi connectivity index (χ4n) is 2.98. The van der Waals surface area contributed by atoms with Crippen molar-refractivity contribution in [2.24, 2.45) is 0 Å². The maximum absolute atomic E-state index is 13.9. The van der Waals surface area contributed by atoms with E-state index in [0.29, 0.717) is 26.3 Å². The Morgan fingerprint density at radius 1 is 1.04 bits per heavy atom. The molecule has 0 aliphatic carbocycles. The van der Waals surface area contributed by atoms with E-state index in [2.05, 4.69) is 15.2 Å². The van der Waals surface area contributed by atoms with Gasteiger partial charge in [0.25, 0.3) is 11.9 Å². The molecule has 0 amide bonds. The second-order valence-corrected chi connectivity index (χ2v) is 6.15. The van der Waals surface area contributed by atoms with Crippen molar-refractivity contribution < 1.29 is 22.3 Å². The van der Waals surface area contributed by atoms with E-state index in [9.17, 15) is 17.6 Å². The third-order valence-corrected chi connectivity index (χ3v) is 4.42. The van der Waals surface area contributed by atoms with Crippen LogP contribution in [0.15, 0.2) is 24.3 Å². The van der Waals surface area contributed by atoms with Crippen LogP contribution in [0.5, 0.6) is 0 Å². The van der Waals surface area contributed by atoms with Crippen LogP contribution in [0.3, 0.4) is 0 Å². The number of nitrogens with zero attached hydrogens (tertiary/aromatic N) is 2. The summed E-state index contributed by atoms with van der Waals surface area (Å²) < 4.78 is 59.7. The van der Waals surface area contributed by atoms with Gasteiger partial charge >= 0.3 is 0 Å². The summed E-state index contributed by atoms with van der Waals surface area (Å²) in [5.74, 6) is -6.42. The normalized spacial score (nSPS) is 16.5. The molecule has 1 aliphatic rings. The Morgan fingerprint density at radius 3 is 2.19 bits per heavy atom. The molecule has 1 aromatic carbocycles. The highest BCUT2D eigenvalue weighted by Gasteiger charge is 2.25. The first kappa shape index (κ1) is 18.6. The number of pyridine rings is 1. The lowest BCUT2D eigenvalue weighted by atomic mass is 10.0. The lowest BCUT2D eigenvalue weighted by Gasteiger charge is -2.35. The molecule has 1 atom stereocenters. The summed E-state index contributed by atoms with van der Waals surface area (Å²) in [7, 11) is 0. The predicted molar refractivity (Wildman–Crippen MR) is 88.9 cm³/mol. The van der Waals surface area contributed by atoms with Crippen LogP contribution in [0.25, 0.3) is 0 Å². The standard InChI is InChI=1S/C18H19F4N3O/c1-11-2-4-12(5-3-11)13(25-6-8-26-9-7-25)10-23-16-14(19)17(21)24-18(22)15(16)20/h2-5,13H,6-10H2,1H3,(H,23,24). The van der Waals surface area contributed by atoms with Crippen LogP contribution >= 0.6 is 0 Å². The summed E-state index contributed by atoms with van der Waals surface area (Å²) in [5, 5.41) is 2.52. The topological polar surface area (TPSA) is 37.4 Å². The first-order valence-corrected chi connectivity index (χ1v) is 8.29. The van der Waals surface area contributed by atoms with E-state index in [1.54, 1.807) is 0 Å². The molecule has 8 heteroatoms. The Morgan fingerprint density at radius 2 is 1.62 bits per heavy atom. The third kappa shape index (κ3) is 3.96. The first-order valence-electron chi connectivity index (χ1n) is 8.29. The van der Waals surface area contributed by atoms with Crippen LogP contribution in [0, 0.1) is 30.5 Å². The molecule has 1 N–H and O–H groups in total. The van der Waals surface area contributed by atoms with Gasteiger partial charge in [-0.1, -0.05) is 29.8 Å². The number of ether oxygens (including phenoxy) is 1. The van der Waals surface area contributed by atoms with Crippen molar-refractivity contribution in [1.29, 1.82) is 0 Å². The van der Waals surface area contributed by atoms with E-state index < -0.39 is 29.2 Å². The van der Waals surface area contributed by atoms with Crippen LogP contribution in [-0.2, 0) is 4.74 Å². The minimum absolute atomic E-state index is 0.0692. The van der Waals surface area contributed by atoms with Crippen molar-refractivity contribution in [3.05, 3.63) is 58.9 Å². The maximum Gasteiger partial charge on any atom is 0.253 e. The number of benzene rings is 1. The SMILES string of the molecule is Cc1ccc(C(CNc2c(F)c(F)nc(F)c2F)N2CCOCC2)cc1. The molecule has 0 spiro atoms. The fraction of sp³-hybridized carbons (Fsp3) is 0.389. The Balaban J connectivity index is 1.85. The number of hydrogen-bond acceptors (Lipinski definition) is 4. The molecule has 1 unspecified atom stereocenters. The second-order valence-electron chi connectivity index (χ2n) is 6.15. The van der Waals surface area contributed by atoms with Gasteiger partial charge in [-0.3, -0.25) is 4.90 Å². The molecular weight excluding hydrogens is 350 g/mol. The first-order chi connectivity index (χ1) is 12.5. The molecule has 1 aliphatic heterocycles. The van der Waals surface area contributed by atoms with Gasteiger partial charge in [-0.05, 0) is 12.5 Å². The van der Waals surface area contributed by atoms with Crippen molar-refractivity contribution in [3.63, 3.8) is 0 Å². The number of nitrogens with one attached hydrogen (secondary N) is 1. The lowest BCUT2D eigenvalue weighted by Crippen LogP contribution is -2.41. The number of halogens is 4. The number of aromatic nitrogens is 1. The summed E-state index contributed by atoms with van der Waals surface area (Å²) in [6.07, 6.45) is 0. The van der Waals surface area contributed by atoms with Crippen molar-refractivity contribution in [1.82, 2.24) is 9.88 Å². The van der Waals surface area contributed by atoms with Crippen LogP contribution in [0.4, 0.5) is 23.2 Å². The molecule has 3 rings (SSSR count). The van der Waals surface area contributed by atoms with Gasteiger partial charge in [0.1, 0.15) is 5.69 Å². The molecule has 0 saturated carbocycles. The number of aryl methyl sites for hydroxylation is 1. The van der Waals surface area contributed by atoms with Crippen LogP contribution < -0.4 is 5.32 Å². The zero-order chi connectivity index (χ0) is 18.7. The van der Waals surface area contributed by atoms with Gasteiger partial charge in [0.2, 0.25) is 11.6 Å². The van der Waals surface area contributed by atoms with Gasteiger partial charge in [-0.15, -0.1) is 0 Å². The monoisotopic (exact) mass is 369 g/mol. The van der Waals surface area contributed by atoms with Crippen molar-refractivity contribution in [2.45, 2.75) is 13.0 Å². The number of rotatable bonds is 5. The van der Waals surface area contributed by atoms with Gasteiger partial charge in [0.05, 0.1) is 19.3 Å². The highest BCUT2D eigenvalue weighted by Crippen LogP contribution is 2.26. The summed E-state index contributed by atoms with van der Waals surface area (Å²) >= 11 is 0. The largest absolute Gasteiger partial charge is 0.379 e. The molecule has 0 bridgehead atoms. The Kier molecular flexibility index (Phi) is 5.73. The average Bonchev–Trinajstić information content (AvgIpc) is 2.65. The van der Waals surface area contributed by atoms with Gasteiger partial charge in [-0.2, -0.15) is 22.5 Å². The number of morpholine rings is 1. The average molecular weight is 369 g/mol. The summed E-state index contributed by atoms with van der Waals surface area (Å²) in [5.41, 5.74) is 1.17. The van der Waals surface area contributed by atoms with Crippen molar-refractivity contribution in [3.8, 4) is 0 Å². The third-order valence-electron chi connectivity index (χ3n) is 4.42. The summed E-state index contributed by atoms with van der Waals surface area (Å²) in [6.45, 7) is 4.40. The van der Waals surface area contributed by atoms with Gasteiger partial charge < -0.3 is 10.1 Å². The van der Waals surface area contributed by atoms with E-state index in [1.165, 1.54) is 0 Å². The van der Waals surface area contributed by atoms with Gasteiger partial charge in [-0.25, -0.2) is 0 Å². The Labute approximate surface area is 148 Å². The molecule has 0 radical (unpaired) electrons. The predicted octanol–water partition coefficient (Wildman–Crippen LogP) is 3.43. The molecule has 26 heavy (non-hydrogen) atoms. The minimum Gasteiger partial charge on any atom is -0.379 e. The summed E-state index contributed by atoms with van der Waals surface area (Å²) in [6, 6.07) is 7.50. The van der Waals surface area contributed by atoms with E-state index >= 15 is 0 Å². The van der Waals surface area contributed by atoms with Crippen LogP contribution in [-0.4, -0.2) is 42.7 Å². The van der Waals surface area contributed by atoms with Crippen molar-refractivity contribution >= 4 is 5.69 Å². The maximum atomic E-state index is 13.9. The van der Waals surface area contributed by atoms with Gasteiger partial charge in [0, 0.05) is 19.6 Å². The molecule has 2 heterocycles. The molecule has 1 saturated heterocycles. The zero-order valence-corrected chi connectivity index (χ0v) is 14.2. The van der Waals surface area contributed by atoms with Crippen LogP contribution in [0.1, 0.15) is 17.2 Å². The van der Waals surface area contributed by atoms with E-state index in [0.717, 1.165) is 11.1 Å². The summed E-state index contributed by atoms with van der Waals surface area (Å²) in [4.78, 5) is 4.67. The quantitative estimate of drug-likeness (QED) is 0.647. The van der Waals surface area contributed by atoms with E-state index in [-0.39, 0.29) is 12.6 Å². The van der Waals surface area contributed by atoms with Gasteiger partial charge in [0.15, 0.2) is 0 Å². The number of hydrogen-bond donors (Lipinski definition) is 1. The van der Waals surface area contributed by atoms with Crippen LogP contribution in [0.2, 0.25) is 0 Å². The zero-order valence-electron chi connectivity index (χ0n) is 14.2. The van der Waals surface area contributed by atoms with E-state index in [1.807, 2.05) is 31.2 Å². The molecule has 4 nitrogen and oxygen atoms in total. The molecule has 1 aromatic heterocycles. The minimum atomic E-state index is -1.68. The molecule has 2 aromatic rings. The van der Waals surface area contributed by atoms with E-state index in [4.69, 9.17) is 4.74 Å². The molecule has 140 valence electrons. The Hall–Kier alpha value is -2.19. The lowest BCUT2D eigenvalue weighted by molar-refractivity contribution is 0.0187.